The molecule has 2 N–H and O–H groups in total. The molecule has 1 aliphatic heterocycles. The van der Waals surface area contributed by atoms with Gasteiger partial charge in [-0.1, -0.05) is 19.1 Å². The summed E-state index contributed by atoms with van der Waals surface area (Å²) >= 11 is 0. The van der Waals surface area contributed by atoms with Crippen molar-refractivity contribution in [2.45, 2.75) is 38.4 Å². The lowest BCUT2D eigenvalue weighted by Crippen LogP contribution is -2.50. The first-order valence-corrected chi connectivity index (χ1v) is 9.10. The van der Waals surface area contributed by atoms with Crippen LogP contribution in [0, 0.1) is 17.8 Å². The van der Waals surface area contributed by atoms with E-state index in [0.717, 1.165) is 25.0 Å². The number of halogens is 3. The van der Waals surface area contributed by atoms with Gasteiger partial charge in [0.2, 0.25) is 0 Å². The second-order valence-corrected chi connectivity index (χ2v) is 7.67. The summed E-state index contributed by atoms with van der Waals surface area (Å²) in [7, 11) is 0. The van der Waals surface area contributed by atoms with Crippen molar-refractivity contribution in [3.63, 3.8) is 0 Å². The normalized spacial score (nSPS) is 24.4. The van der Waals surface area contributed by atoms with Crippen molar-refractivity contribution in [1.82, 2.24) is 10.2 Å². The number of hydrogen-bond acceptors (Lipinski definition) is 2. The van der Waals surface area contributed by atoms with Crippen LogP contribution in [-0.4, -0.2) is 35.1 Å². The molecule has 2 amide bonds. The highest BCUT2D eigenvalue weighted by atomic mass is 19.4. The number of nitrogens with zero attached hydrogens (tertiary/aromatic N) is 1. The Labute approximate surface area is 155 Å². The van der Waals surface area contributed by atoms with E-state index in [9.17, 15) is 27.9 Å². The maximum absolute atomic E-state index is 13.0. The van der Waals surface area contributed by atoms with Crippen LogP contribution in [-0.2, 0) is 11.0 Å². The first kappa shape index (κ1) is 19.5. The van der Waals surface area contributed by atoms with Gasteiger partial charge in [-0.2, -0.15) is 13.2 Å². The van der Waals surface area contributed by atoms with E-state index in [1.165, 1.54) is 11.0 Å². The highest BCUT2D eigenvalue weighted by Gasteiger charge is 2.38. The first-order chi connectivity index (χ1) is 12.6. The molecule has 0 spiro atoms. The maximum atomic E-state index is 13.0. The quantitative estimate of drug-likeness (QED) is 0.827. The molecule has 1 aliphatic carbocycles. The molecule has 0 bridgehead atoms. The fourth-order valence-corrected chi connectivity index (χ4v) is 3.73. The van der Waals surface area contributed by atoms with Crippen molar-refractivity contribution in [2.75, 3.05) is 13.1 Å². The topological polar surface area (TPSA) is 69.6 Å². The molecule has 1 saturated carbocycles. The van der Waals surface area contributed by atoms with E-state index in [2.05, 4.69) is 5.32 Å². The largest absolute Gasteiger partial charge is 0.481 e. The first-order valence-electron chi connectivity index (χ1n) is 9.10. The monoisotopic (exact) mass is 384 g/mol. The average Bonchev–Trinajstić information content (AvgIpc) is 3.43. The van der Waals surface area contributed by atoms with Crippen LogP contribution in [0.5, 0.6) is 0 Å². The number of urea groups is 1. The van der Waals surface area contributed by atoms with Gasteiger partial charge in [-0.05, 0) is 48.8 Å². The second-order valence-electron chi connectivity index (χ2n) is 7.67. The van der Waals surface area contributed by atoms with Crippen LogP contribution in [0.25, 0.3) is 0 Å². The van der Waals surface area contributed by atoms with Gasteiger partial charge < -0.3 is 15.3 Å². The number of hydrogen-bond donors (Lipinski definition) is 2. The Morgan fingerprint density at radius 3 is 2.56 bits per heavy atom. The van der Waals surface area contributed by atoms with Gasteiger partial charge in [-0.3, -0.25) is 4.79 Å². The number of benzene rings is 1. The molecule has 0 aromatic heterocycles. The van der Waals surface area contributed by atoms with Gasteiger partial charge in [0.15, 0.2) is 0 Å². The molecule has 3 unspecified atom stereocenters. The molecular weight excluding hydrogens is 361 g/mol. The summed E-state index contributed by atoms with van der Waals surface area (Å²) in [6.07, 6.45) is -2.24. The molecular formula is C19H23F3N2O3. The standard InChI is InChI=1S/C19H23F3N2O3/c1-11-7-14(17(25)26)10-24(9-11)18(27)23-16(12-5-6-12)13-3-2-4-15(8-13)19(20,21)22/h2-4,8,11-12,14,16H,5-7,9-10H2,1H3,(H,23,27)(H,25,26). The molecule has 1 aromatic rings. The van der Waals surface area contributed by atoms with E-state index in [1.54, 1.807) is 6.07 Å². The number of carbonyl (C=O) groups excluding carboxylic acids is 1. The zero-order valence-corrected chi connectivity index (χ0v) is 15.0. The van der Waals surface area contributed by atoms with Gasteiger partial charge in [0.1, 0.15) is 0 Å². The molecule has 27 heavy (non-hydrogen) atoms. The van der Waals surface area contributed by atoms with E-state index in [1.807, 2.05) is 6.92 Å². The average molecular weight is 384 g/mol. The Hall–Kier alpha value is -2.25. The molecule has 2 aliphatic rings. The molecule has 1 aromatic carbocycles. The van der Waals surface area contributed by atoms with Crippen molar-refractivity contribution in [1.29, 1.82) is 0 Å². The van der Waals surface area contributed by atoms with Crippen LogP contribution in [0.2, 0.25) is 0 Å². The molecule has 148 valence electrons. The minimum absolute atomic E-state index is 0.0542. The van der Waals surface area contributed by atoms with Gasteiger partial charge in [-0.25, -0.2) is 4.79 Å². The van der Waals surface area contributed by atoms with Crippen LogP contribution in [0.15, 0.2) is 24.3 Å². The summed E-state index contributed by atoms with van der Waals surface area (Å²) in [6.45, 7) is 2.45. The molecule has 5 nitrogen and oxygen atoms in total. The van der Waals surface area contributed by atoms with Crippen LogP contribution in [0.3, 0.4) is 0 Å². The predicted molar refractivity (Wildman–Crippen MR) is 91.9 cm³/mol. The summed E-state index contributed by atoms with van der Waals surface area (Å²) < 4.78 is 39.0. The number of carbonyl (C=O) groups is 2. The van der Waals surface area contributed by atoms with Crippen LogP contribution < -0.4 is 5.32 Å². The van der Waals surface area contributed by atoms with Gasteiger partial charge in [0.05, 0.1) is 17.5 Å². The molecule has 1 saturated heterocycles. The molecule has 0 radical (unpaired) electrons. The Morgan fingerprint density at radius 2 is 1.96 bits per heavy atom. The van der Waals surface area contributed by atoms with E-state index < -0.39 is 35.7 Å². The van der Waals surface area contributed by atoms with Crippen LogP contribution >= 0.6 is 0 Å². The van der Waals surface area contributed by atoms with Gasteiger partial charge in [-0.15, -0.1) is 0 Å². The third-order valence-electron chi connectivity index (χ3n) is 5.24. The maximum Gasteiger partial charge on any atom is 0.416 e. The summed E-state index contributed by atoms with van der Waals surface area (Å²) in [5.41, 5.74) is -0.307. The number of rotatable bonds is 4. The Balaban J connectivity index is 1.75. The zero-order chi connectivity index (χ0) is 19.8. The molecule has 3 rings (SSSR count). The van der Waals surface area contributed by atoms with E-state index in [4.69, 9.17) is 0 Å². The highest BCUT2D eigenvalue weighted by molar-refractivity contribution is 5.77. The lowest BCUT2D eigenvalue weighted by atomic mass is 9.90. The lowest BCUT2D eigenvalue weighted by molar-refractivity contribution is -0.143. The van der Waals surface area contributed by atoms with Crippen molar-refractivity contribution in [3.8, 4) is 0 Å². The van der Waals surface area contributed by atoms with Gasteiger partial charge >= 0.3 is 18.2 Å². The Kier molecular flexibility index (Phi) is 5.35. The number of aliphatic carboxylic acids is 1. The van der Waals surface area contributed by atoms with Crippen molar-refractivity contribution in [2.24, 2.45) is 17.8 Å². The minimum Gasteiger partial charge on any atom is -0.481 e. The molecule has 8 heteroatoms. The third kappa shape index (κ3) is 4.73. The number of carboxylic acid groups (broad SMARTS) is 1. The fourth-order valence-electron chi connectivity index (χ4n) is 3.73. The Bertz CT molecular complexity index is 718. The van der Waals surface area contributed by atoms with Gasteiger partial charge in [0, 0.05) is 13.1 Å². The third-order valence-corrected chi connectivity index (χ3v) is 5.24. The number of piperidine rings is 1. The van der Waals surface area contributed by atoms with E-state index in [-0.39, 0.29) is 18.4 Å². The zero-order valence-electron chi connectivity index (χ0n) is 15.0. The lowest BCUT2D eigenvalue weighted by Gasteiger charge is -2.35. The predicted octanol–water partition coefficient (Wildman–Crippen LogP) is 3.91. The van der Waals surface area contributed by atoms with Crippen molar-refractivity contribution < 1.29 is 27.9 Å². The van der Waals surface area contributed by atoms with Crippen molar-refractivity contribution >= 4 is 12.0 Å². The summed E-state index contributed by atoms with van der Waals surface area (Å²) in [5.74, 6) is -1.39. The molecule has 2 fully saturated rings. The number of carboxylic acids is 1. The number of amides is 2. The number of likely N-dealkylation sites (tertiary alicyclic amines) is 1. The molecule has 3 atom stereocenters. The number of nitrogens with one attached hydrogen (secondary N) is 1. The van der Waals surface area contributed by atoms with Gasteiger partial charge in [0.25, 0.3) is 0 Å². The summed E-state index contributed by atoms with van der Waals surface area (Å²) in [6, 6.07) is 4.13. The second kappa shape index (κ2) is 7.40. The van der Waals surface area contributed by atoms with Crippen molar-refractivity contribution in [3.05, 3.63) is 35.4 Å². The molecule has 1 heterocycles. The highest BCUT2D eigenvalue weighted by Crippen LogP contribution is 2.42. The summed E-state index contributed by atoms with van der Waals surface area (Å²) in [4.78, 5) is 25.5. The van der Waals surface area contributed by atoms with Crippen LogP contribution in [0.1, 0.15) is 43.4 Å². The minimum atomic E-state index is -4.44. The number of alkyl halides is 3. The Morgan fingerprint density at radius 1 is 1.26 bits per heavy atom. The fraction of sp³-hybridized carbons (Fsp3) is 0.579. The SMILES string of the molecule is CC1CC(C(=O)O)CN(C(=O)NC(c2cccc(C(F)(F)F)c2)C2CC2)C1. The van der Waals surface area contributed by atoms with E-state index >= 15 is 0 Å². The smallest absolute Gasteiger partial charge is 0.416 e. The summed E-state index contributed by atoms with van der Waals surface area (Å²) in [5, 5.41) is 12.1. The van der Waals surface area contributed by atoms with E-state index in [0.29, 0.717) is 18.5 Å². The van der Waals surface area contributed by atoms with Crippen LogP contribution in [0.4, 0.5) is 18.0 Å².